The fourth-order valence-corrected chi connectivity index (χ4v) is 2.26. The zero-order chi connectivity index (χ0) is 19.3. The summed E-state index contributed by atoms with van der Waals surface area (Å²) in [5, 5.41) is 4.38. The maximum Gasteiger partial charge on any atom is 0.313 e. The van der Waals surface area contributed by atoms with E-state index in [1.54, 1.807) is 25.1 Å². The van der Waals surface area contributed by atoms with Gasteiger partial charge in [-0.05, 0) is 36.8 Å². The van der Waals surface area contributed by atoms with Crippen LogP contribution >= 0.6 is 0 Å². The summed E-state index contributed by atoms with van der Waals surface area (Å²) in [7, 11) is 2.97. The Labute approximate surface area is 149 Å². The zero-order valence-electron chi connectivity index (χ0n) is 14.4. The first-order valence-corrected chi connectivity index (χ1v) is 7.65. The fourth-order valence-electron chi connectivity index (χ4n) is 2.26. The molecule has 0 aliphatic heterocycles. The lowest BCUT2D eigenvalue weighted by Gasteiger charge is -2.16. The highest BCUT2D eigenvalue weighted by molar-refractivity contribution is 6.39. The monoisotopic (exact) mass is 364 g/mol. The lowest BCUT2D eigenvalue weighted by Crippen LogP contribution is -2.37. The molecule has 138 valence electrons. The lowest BCUT2D eigenvalue weighted by atomic mass is 10.1. The number of halogens is 2. The first kappa shape index (κ1) is 19.2. The summed E-state index contributed by atoms with van der Waals surface area (Å²) in [6, 6.07) is 7.55. The molecule has 8 heteroatoms. The van der Waals surface area contributed by atoms with Crippen LogP contribution in [0.3, 0.4) is 0 Å². The number of hydrogen-bond donors (Lipinski definition) is 2. The van der Waals surface area contributed by atoms with Gasteiger partial charge in [-0.1, -0.05) is 12.1 Å². The van der Waals surface area contributed by atoms with Crippen molar-refractivity contribution < 1.29 is 27.8 Å². The molecule has 0 bridgehead atoms. The minimum absolute atomic E-state index is 0.462. The van der Waals surface area contributed by atoms with Gasteiger partial charge in [0.05, 0.1) is 20.3 Å². The van der Waals surface area contributed by atoms with Gasteiger partial charge in [-0.2, -0.15) is 0 Å². The molecule has 2 amide bonds. The number of hydrogen-bond acceptors (Lipinski definition) is 4. The van der Waals surface area contributed by atoms with Crippen LogP contribution in [0.25, 0.3) is 0 Å². The first-order valence-electron chi connectivity index (χ1n) is 7.65. The number of anilines is 1. The molecule has 0 aliphatic carbocycles. The number of nitrogens with one attached hydrogen (secondary N) is 2. The summed E-state index contributed by atoms with van der Waals surface area (Å²) in [5.74, 6) is -3.18. The molecular formula is C18H18F2N2O4. The van der Waals surface area contributed by atoms with E-state index in [1.807, 2.05) is 5.32 Å². The summed E-state index contributed by atoms with van der Waals surface area (Å²) in [6.45, 7) is 1.65. The van der Waals surface area contributed by atoms with E-state index in [2.05, 4.69) is 5.32 Å². The van der Waals surface area contributed by atoms with Gasteiger partial charge in [0.1, 0.15) is 17.3 Å². The highest BCUT2D eigenvalue weighted by atomic mass is 19.1. The van der Waals surface area contributed by atoms with Gasteiger partial charge in [0.15, 0.2) is 11.5 Å². The zero-order valence-corrected chi connectivity index (χ0v) is 14.4. The van der Waals surface area contributed by atoms with Gasteiger partial charge < -0.3 is 20.1 Å². The van der Waals surface area contributed by atoms with Crippen molar-refractivity contribution >= 4 is 17.5 Å². The van der Waals surface area contributed by atoms with E-state index in [4.69, 9.17) is 9.47 Å². The van der Waals surface area contributed by atoms with Crippen molar-refractivity contribution in [3.63, 3.8) is 0 Å². The number of amides is 2. The summed E-state index contributed by atoms with van der Waals surface area (Å²) in [5.41, 5.74) is -0.0210. The van der Waals surface area contributed by atoms with Crippen LogP contribution in [-0.2, 0) is 9.59 Å². The van der Waals surface area contributed by atoms with Gasteiger partial charge in [-0.3, -0.25) is 9.59 Å². The molecule has 2 aromatic carbocycles. The van der Waals surface area contributed by atoms with Crippen LogP contribution in [-0.4, -0.2) is 26.0 Å². The van der Waals surface area contributed by atoms with Gasteiger partial charge >= 0.3 is 11.8 Å². The average Bonchev–Trinajstić information content (AvgIpc) is 2.63. The Hall–Kier alpha value is -3.16. The summed E-state index contributed by atoms with van der Waals surface area (Å²) < 4.78 is 37.4. The van der Waals surface area contributed by atoms with E-state index in [-0.39, 0.29) is 0 Å². The standard InChI is InChI=1S/C18H18F2N2O4/c1-10(11-7-8-14(25-2)15(9-11)26-3)21-17(23)18(24)22-16-12(19)5-4-6-13(16)20/h4-10H,1-3H3,(H,21,23)(H,22,24). The number of rotatable bonds is 5. The fraction of sp³-hybridized carbons (Fsp3) is 0.222. The van der Waals surface area contributed by atoms with Crippen molar-refractivity contribution in [2.45, 2.75) is 13.0 Å². The minimum Gasteiger partial charge on any atom is -0.493 e. The van der Waals surface area contributed by atoms with Gasteiger partial charge in [0.25, 0.3) is 0 Å². The third-order valence-corrected chi connectivity index (χ3v) is 3.66. The third-order valence-electron chi connectivity index (χ3n) is 3.66. The van der Waals surface area contributed by atoms with Gasteiger partial charge in [-0.25, -0.2) is 8.78 Å². The first-order chi connectivity index (χ1) is 12.4. The number of carbonyl (C=O) groups is 2. The third kappa shape index (κ3) is 4.27. The Morgan fingerprint density at radius 3 is 2.15 bits per heavy atom. The number of para-hydroxylation sites is 1. The van der Waals surface area contributed by atoms with Crippen molar-refractivity contribution in [2.75, 3.05) is 19.5 Å². The molecule has 0 aromatic heterocycles. The quantitative estimate of drug-likeness (QED) is 0.800. The molecule has 0 saturated carbocycles. The van der Waals surface area contributed by atoms with Crippen LogP contribution in [0.4, 0.5) is 14.5 Å². The number of benzene rings is 2. The molecule has 0 fully saturated rings. The molecule has 0 spiro atoms. The highest BCUT2D eigenvalue weighted by Gasteiger charge is 2.21. The van der Waals surface area contributed by atoms with E-state index in [9.17, 15) is 18.4 Å². The molecule has 1 atom stereocenters. The van der Waals surface area contributed by atoms with Crippen molar-refractivity contribution in [3.8, 4) is 11.5 Å². The van der Waals surface area contributed by atoms with E-state index in [0.717, 1.165) is 18.2 Å². The highest BCUT2D eigenvalue weighted by Crippen LogP contribution is 2.29. The second-order valence-corrected chi connectivity index (χ2v) is 5.36. The van der Waals surface area contributed by atoms with Crippen LogP contribution < -0.4 is 20.1 Å². The molecule has 6 nitrogen and oxygen atoms in total. The van der Waals surface area contributed by atoms with Crippen molar-refractivity contribution in [1.29, 1.82) is 0 Å². The van der Waals surface area contributed by atoms with E-state index in [1.165, 1.54) is 14.2 Å². The number of methoxy groups -OCH3 is 2. The maximum absolute atomic E-state index is 13.5. The van der Waals surface area contributed by atoms with Crippen molar-refractivity contribution in [2.24, 2.45) is 0 Å². The van der Waals surface area contributed by atoms with Crippen LogP contribution in [0.1, 0.15) is 18.5 Å². The maximum atomic E-state index is 13.5. The average molecular weight is 364 g/mol. The molecule has 2 rings (SSSR count). The van der Waals surface area contributed by atoms with E-state index < -0.39 is 35.2 Å². The Balaban J connectivity index is 2.08. The summed E-state index contributed by atoms with van der Waals surface area (Å²) in [6.07, 6.45) is 0. The van der Waals surface area contributed by atoms with E-state index >= 15 is 0 Å². The Kier molecular flexibility index (Phi) is 6.11. The van der Waals surface area contributed by atoms with Crippen LogP contribution in [0, 0.1) is 11.6 Å². The normalized spacial score (nSPS) is 11.4. The second kappa shape index (κ2) is 8.28. The molecule has 1 unspecified atom stereocenters. The summed E-state index contributed by atoms with van der Waals surface area (Å²) >= 11 is 0. The molecular weight excluding hydrogens is 346 g/mol. The smallest absolute Gasteiger partial charge is 0.313 e. The minimum atomic E-state index is -1.18. The molecule has 2 aromatic rings. The number of ether oxygens (including phenoxy) is 2. The summed E-state index contributed by atoms with van der Waals surface area (Å²) in [4.78, 5) is 23.9. The molecule has 2 N–H and O–H groups in total. The van der Waals surface area contributed by atoms with Gasteiger partial charge in [0, 0.05) is 0 Å². The van der Waals surface area contributed by atoms with Crippen LogP contribution in [0.5, 0.6) is 11.5 Å². The number of carbonyl (C=O) groups excluding carboxylic acids is 2. The second-order valence-electron chi connectivity index (χ2n) is 5.36. The largest absolute Gasteiger partial charge is 0.493 e. The predicted octanol–water partition coefficient (Wildman–Crippen LogP) is 2.80. The van der Waals surface area contributed by atoms with Gasteiger partial charge in [0.2, 0.25) is 0 Å². The van der Waals surface area contributed by atoms with Crippen molar-refractivity contribution in [3.05, 3.63) is 53.6 Å². The topological polar surface area (TPSA) is 76.7 Å². The molecule has 26 heavy (non-hydrogen) atoms. The Morgan fingerprint density at radius 2 is 1.58 bits per heavy atom. The van der Waals surface area contributed by atoms with Crippen LogP contribution in [0.2, 0.25) is 0 Å². The Morgan fingerprint density at radius 1 is 0.962 bits per heavy atom. The molecule has 0 radical (unpaired) electrons. The molecule has 0 aliphatic rings. The SMILES string of the molecule is COc1ccc(C(C)NC(=O)C(=O)Nc2c(F)cccc2F)cc1OC. The van der Waals surface area contributed by atoms with Crippen molar-refractivity contribution in [1.82, 2.24) is 5.32 Å². The Bertz CT molecular complexity index is 807. The van der Waals surface area contributed by atoms with E-state index in [0.29, 0.717) is 17.1 Å². The molecule has 0 heterocycles. The lowest BCUT2D eigenvalue weighted by molar-refractivity contribution is -0.136. The predicted molar refractivity (Wildman–Crippen MR) is 91.1 cm³/mol. The van der Waals surface area contributed by atoms with Gasteiger partial charge in [-0.15, -0.1) is 0 Å². The molecule has 0 saturated heterocycles. The van der Waals surface area contributed by atoms with Crippen LogP contribution in [0.15, 0.2) is 36.4 Å².